The molecule has 0 radical (unpaired) electrons. The standard InChI is InChI=1S/C24H20N6O2/c31-22-24(26-23(32)30(22)21-13-25-12-17-8-4-5-9-19(17)21)10-18(11-24)20-15-29(28-27-20)14-16-6-2-1-3-7-16/h1-9,12-13,15,18H,10-11,14H2,(H,26,32). The quantitative estimate of drug-likeness (QED) is 0.508. The van der Waals surface area contributed by atoms with Gasteiger partial charge in [-0.25, -0.2) is 14.4 Å². The number of amides is 3. The number of rotatable bonds is 4. The van der Waals surface area contributed by atoms with E-state index in [0.29, 0.717) is 25.1 Å². The minimum absolute atomic E-state index is 0.0781. The molecule has 2 aromatic carbocycles. The number of urea groups is 1. The second-order valence-electron chi connectivity index (χ2n) is 8.46. The van der Waals surface area contributed by atoms with Crippen molar-refractivity contribution >= 4 is 28.4 Å². The molecular weight excluding hydrogens is 404 g/mol. The molecule has 6 rings (SSSR count). The molecular formula is C24H20N6O2. The molecule has 2 aliphatic rings. The first-order valence-corrected chi connectivity index (χ1v) is 10.6. The molecule has 32 heavy (non-hydrogen) atoms. The number of nitrogens with one attached hydrogen (secondary N) is 1. The van der Waals surface area contributed by atoms with E-state index in [1.165, 1.54) is 4.90 Å². The maximum absolute atomic E-state index is 13.4. The first-order chi connectivity index (χ1) is 15.6. The summed E-state index contributed by atoms with van der Waals surface area (Å²) >= 11 is 0. The van der Waals surface area contributed by atoms with Crippen LogP contribution in [0.25, 0.3) is 10.8 Å². The molecule has 0 bridgehead atoms. The van der Waals surface area contributed by atoms with Gasteiger partial charge < -0.3 is 5.32 Å². The van der Waals surface area contributed by atoms with Crippen molar-refractivity contribution in [3.63, 3.8) is 0 Å². The Balaban J connectivity index is 1.21. The second-order valence-corrected chi connectivity index (χ2v) is 8.46. The number of pyridine rings is 1. The summed E-state index contributed by atoms with van der Waals surface area (Å²) in [5.74, 6) is -0.150. The van der Waals surface area contributed by atoms with E-state index >= 15 is 0 Å². The fourth-order valence-electron chi connectivity index (χ4n) is 4.73. The third kappa shape index (κ3) is 2.87. The molecule has 0 atom stereocenters. The van der Waals surface area contributed by atoms with Crippen molar-refractivity contribution in [3.05, 3.63) is 84.4 Å². The van der Waals surface area contributed by atoms with Crippen molar-refractivity contribution in [2.75, 3.05) is 4.90 Å². The number of benzene rings is 2. The van der Waals surface area contributed by atoms with Gasteiger partial charge in [-0.2, -0.15) is 0 Å². The minimum Gasteiger partial charge on any atom is -0.323 e. The lowest BCUT2D eigenvalue weighted by Crippen LogP contribution is -2.56. The van der Waals surface area contributed by atoms with Gasteiger partial charge in [0.15, 0.2) is 0 Å². The van der Waals surface area contributed by atoms with E-state index in [0.717, 1.165) is 22.0 Å². The Labute approximate surface area is 183 Å². The third-order valence-electron chi connectivity index (χ3n) is 6.40. The summed E-state index contributed by atoms with van der Waals surface area (Å²) in [6.45, 7) is 0.642. The Kier molecular flexibility index (Phi) is 4.07. The van der Waals surface area contributed by atoms with E-state index in [1.807, 2.05) is 60.8 Å². The molecule has 158 valence electrons. The van der Waals surface area contributed by atoms with Crippen LogP contribution in [0, 0.1) is 0 Å². The number of carbonyl (C=O) groups is 2. The van der Waals surface area contributed by atoms with Gasteiger partial charge in [0, 0.05) is 29.1 Å². The van der Waals surface area contributed by atoms with Gasteiger partial charge in [0.1, 0.15) is 5.54 Å². The molecule has 3 heterocycles. The van der Waals surface area contributed by atoms with Gasteiger partial charge >= 0.3 is 6.03 Å². The second kappa shape index (κ2) is 6.98. The minimum atomic E-state index is -0.887. The zero-order chi connectivity index (χ0) is 21.7. The Bertz CT molecular complexity index is 1340. The zero-order valence-corrected chi connectivity index (χ0v) is 17.2. The average Bonchev–Trinajstić information content (AvgIpc) is 3.35. The van der Waals surface area contributed by atoms with E-state index < -0.39 is 11.6 Å². The average molecular weight is 424 g/mol. The van der Waals surface area contributed by atoms with Crippen molar-refractivity contribution in [1.82, 2.24) is 25.3 Å². The summed E-state index contributed by atoms with van der Waals surface area (Å²) in [7, 11) is 0. The topological polar surface area (TPSA) is 93.0 Å². The number of anilines is 1. The Morgan fingerprint density at radius 2 is 1.78 bits per heavy atom. The maximum atomic E-state index is 13.4. The third-order valence-corrected chi connectivity index (χ3v) is 6.40. The number of nitrogens with zero attached hydrogens (tertiary/aromatic N) is 5. The first-order valence-electron chi connectivity index (χ1n) is 10.6. The van der Waals surface area contributed by atoms with Crippen LogP contribution in [-0.2, 0) is 11.3 Å². The summed E-state index contributed by atoms with van der Waals surface area (Å²) in [4.78, 5) is 31.6. The highest BCUT2D eigenvalue weighted by Gasteiger charge is 2.60. The lowest BCUT2D eigenvalue weighted by molar-refractivity contribution is -0.125. The zero-order valence-electron chi connectivity index (χ0n) is 17.2. The van der Waals surface area contributed by atoms with Gasteiger partial charge in [0.25, 0.3) is 5.91 Å². The Morgan fingerprint density at radius 3 is 2.62 bits per heavy atom. The molecule has 8 heteroatoms. The van der Waals surface area contributed by atoms with Gasteiger partial charge in [-0.15, -0.1) is 5.10 Å². The summed E-state index contributed by atoms with van der Waals surface area (Å²) in [5.41, 5.74) is 1.62. The van der Waals surface area contributed by atoms with Gasteiger partial charge in [0.2, 0.25) is 0 Å². The van der Waals surface area contributed by atoms with Crippen LogP contribution in [0.5, 0.6) is 0 Å². The molecule has 1 saturated carbocycles. The van der Waals surface area contributed by atoms with E-state index in [2.05, 4.69) is 20.6 Å². The predicted octanol–water partition coefficient (Wildman–Crippen LogP) is 3.25. The smallest absolute Gasteiger partial charge is 0.323 e. The summed E-state index contributed by atoms with van der Waals surface area (Å²) in [5, 5.41) is 13.2. The predicted molar refractivity (Wildman–Crippen MR) is 118 cm³/mol. The summed E-state index contributed by atoms with van der Waals surface area (Å²) < 4.78 is 1.80. The Hall–Kier alpha value is -4.07. The number of hydrogen-bond donors (Lipinski definition) is 1. The monoisotopic (exact) mass is 424 g/mol. The molecule has 2 fully saturated rings. The molecule has 1 saturated heterocycles. The first kappa shape index (κ1) is 18.7. The number of imide groups is 1. The molecule has 1 N–H and O–H groups in total. The fourth-order valence-corrected chi connectivity index (χ4v) is 4.73. The molecule has 2 aromatic heterocycles. The summed E-state index contributed by atoms with van der Waals surface area (Å²) in [6.07, 6.45) is 6.25. The molecule has 3 amide bonds. The van der Waals surface area contributed by atoms with E-state index in [9.17, 15) is 9.59 Å². The summed E-state index contributed by atoms with van der Waals surface area (Å²) in [6, 6.07) is 17.3. The molecule has 8 nitrogen and oxygen atoms in total. The van der Waals surface area contributed by atoms with Crippen LogP contribution in [0.1, 0.15) is 30.0 Å². The molecule has 1 aliphatic carbocycles. The van der Waals surface area contributed by atoms with E-state index in [1.54, 1.807) is 17.1 Å². The van der Waals surface area contributed by atoms with Gasteiger partial charge in [-0.05, 0) is 18.4 Å². The van der Waals surface area contributed by atoms with Crippen molar-refractivity contribution in [1.29, 1.82) is 0 Å². The normalized spacial score (nSPS) is 22.4. The maximum Gasteiger partial charge on any atom is 0.329 e. The molecule has 4 aromatic rings. The molecule has 0 unspecified atom stereocenters. The van der Waals surface area contributed by atoms with Crippen LogP contribution in [0.2, 0.25) is 0 Å². The van der Waals surface area contributed by atoms with Crippen molar-refractivity contribution in [2.45, 2.75) is 30.8 Å². The number of hydrogen-bond acceptors (Lipinski definition) is 5. The highest BCUT2D eigenvalue weighted by molar-refractivity contribution is 6.26. The molecule has 1 spiro atoms. The Morgan fingerprint density at radius 1 is 1.00 bits per heavy atom. The lowest BCUT2D eigenvalue weighted by atomic mass is 9.67. The van der Waals surface area contributed by atoms with Gasteiger partial charge in [-0.3, -0.25) is 9.78 Å². The van der Waals surface area contributed by atoms with Gasteiger partial charge in [0.05, 0.1) is 24.1 Å². The van der Waals surface area contributed by atoms with Crippen LogP contribution < -0.4 is 10.2 Å². The van der Waals surface area contributed by atoms with Crippen LogP contribution in [0.15, 0.2) is 73.2 Å². The largest absolute Gasteiger partial charge is 0.329 e. The number of fused-ring (bicyclic) bond motifs is 1. The van der Waals surface area contributed by atoms with Crippen LogP contribution >= 0.6 is 0 Å². The van der Waals surface area contributed by atoms with Crippen LogP contribution in [0.3, 0.4) is 0 Å². The van der Waals surface area contributed by atoms with Crippen molar-refractivity contribution < 1.29 is 9.59 Å². The van der Waals surface area contributed by atoms with E-state index in [4.69, 9.17) is 0 Å². The number of carbonyl (C=O) groups excluding carboxylic acids is 2. The van der Waals surface area contributed by atoms with E-state index in [-0.39, 0.29) is 11.8 Å². The highest BCUT2D eigenvalue weighted by atomic mass is 16.2. The fraction of sp³-hybridized carbons (Fsp3) is 0.208. The highest BCUT2D eigenvalue weighted by Crippen LogP contribution is 2.48. The number of aromatic nitrogens is 4. The van der Waals surface area contributed by atoms with Crippen LogP contribution in [0.4, 0.5) is 10.5 Å². The lowest BCUT2D eigenvalue weighted by Gasteiger charge is -2.41. The molecule has 1 aliphatic heterocycles. The SMILES string of the molecule is O=C1NC2(CC(c3cn(Cc4ccccc4)nn3)C2)C(=O)N1c1cncc2ccccc12. The van der Waals surface area contributed by atoms with Crippen molar-refractivity contribution in [2.24, 2.45) is 0 Å². The van der Waals surface area contributed by atoms with Crippen molar-refractivity contribution in [3.8, 4) is 0 Å². The van der Waals surface area contributed by atoms with Crippen LogP contribution in [-0.4, -0.2) is 37.5 Å². The van der Waals surface area contributed by atoms with Gasteiger partial charge in [-0.1, -0.05) is 59.8 Å².